The molecule has 2 N–H and O–H groups in total. The number of aromatic amines is 1. The number of nitrogens with one attached hydrogen (secondary N) is 1. The lowest BCUT2D eigenvalue weighted by molar-refractivity contribution is -0.136. The summed E-state index contributed by atoms with van der Waals surface area (Å²) in [5.74, 6) is -0.585. The van der Waals surface area contributed by atoms with Crippen LogP contribution in [0.2, 0.25) is 10.0 Å². The molecule has 1 aromatic carbocycles. The number of carboxylic acids is 1. The summed E-state index contributed by atoms with van der Waals surface area (Å²) < 4.78 is 0. The summed E-state index contributed by atoms with van der Waals surface area (Å²) in [6.07, 6.45) is -0.164. The topological polar surface area (TPSA) is 66.0 Å². The van der Waals surface area contributed by atoms with E-state index in [1.165, 1.54) is 0 Å². The zero-order chi connectivity index (χ0) is 11.0. The van der Waals surface area contributed by atoms with Crippen LogP contribution in [0.4, 0.5) is 0 Å². The number of carbonyl (C=O) groups is 1. The van der Waals surface area contributed by atoms with Crippen LogP contribution < -0.4 is 0 Å². The number of hydrogen-bond donors (Lipinski definition) is 2. The maximum atomic E-state index is 10.5. The Morgan fingerprint density at radius 1 is 1.47 bits per heavy atom. The van der Waals surface area contributed by atoms with Crippen molar-refractivity contribution in [1.82, 2.24) is 9.97 Å². The highest BCUT2D eigenvalue weighted by Crippen LogP contribution is 2.26. The van der Waals surface area contributed by atoms with E-state index < -0.39 is 5.97 Å². The maximum Gasteiger partial charge on any atom is 0.311 e. The molecule has 0 unspecified atom stereocenters. The molecule has 0 aliphatic carbocycles. The number of halogens is 2. The van der Waals surface area contributed by atoms with Gasteiger partial charge in [0.2, 0.25) is 0 Å². The zero-order valence-corrected chi connectivity index (χ0v) is 8.93. The second-order valence-corrected chi connectivity index (χ2v) is 3.88. The molecule has 2 rings (SSSR count). The summed E-state index contributed by atoms with van der Waals surface area (Å²) in [5, 5.41) is 9.50. The van der Waals surface area contributed by atoms with Crippen LogP contribution >= 0.6 is 23.2 Å². The van der Waals surface area contributed by atoms with E-state index in [0.29, 0.717) is 26.9 Å². The fourth-order valence-corrected chi connectivity index (χ4v) is 1.85. The Morgan fingerprint density at radius 3 is 2.87 bits per heavy atom. The van der Waals surface area contributed by atoms with E-state index in [4.69, 9.17) is 28.3 Å². The highest BCUT2D eigenvalue weighted by molar-refractivity contribution is 6.38. The third-order valence-electron chi connectivity index (χ3n) is 1.88. The second-order valence-electron chi connectivity index (χ2n) is 3.04. The van der Waals surface area contributed by atoms with Crippen molar-refractivity contribution in [2.45, 2.75) is 6.42 Å². The summed E-state index contributed by atoms with van der Waals surface area (Å²) in [5.41, 5.74) is 1.18. The van der Waals surface area contributed by atoms with Gasteiger partial charge in [0.25, 0.3) is 0 Å². The van der Waals surface area contributed by atoms with Crippen molar-refractivity contribution in [1.29, 1.82) is 0 Å². The van der Waals surface area contributed by atoms with Crippen LogP contribution in [-0.2, 0) is 11.2 Å². The smallest absolute Gasteiger partial charge is 0.311 e. The van der Waals surface area contributed by atoms with Gasteiger partial charge in [-0.2, -0.15) is 0 Å². The molecule has 0 aliphatic heterocycles. The molecule has 0 radical (unpaired) electrons. The first-order valence-electron chi connectivity index (χ1n) is 4.11. The minimum Gasteiger partial charge on any atom is -0.481 e. The van der Waals surface area contributed by atoms with Crippen molar-refractivity contribution < 1.29 is 9.90 Å². The van der Waals surface area contributed by atoms with E-state index in [-0.39, 0.29) is 6.42 Å². The normalized spacial score (nSPS) is 10.8. The molecule has 0 saturated heterocycles. The van der Waals surface area contributed by atoms with Gasteiger partial charge in [0.15, 0.2) is 0 Å². The van der Waals surface area contributed by atoms with Crippen LogP contribution in [0.15, 0.2) is 12.1 Å². The van der Waals surface area contributed by atoms with Crippen LogP contribution in [0.25, 0.3) is 11.0 Å². The number of fused-ring (bicyclic) bond motifs is 1. The van der Waals surface area contributed by atoms with E-state index in [0.717, 1.165) is 0 Å². The van der Waals surface area contributed by atoms with Crippen LogP contribution in [0.5, 0.6) is 0 Å². The van der Waals surface area contributed by atoms with Gasteiger partial charge in [-0.25, -0.2) is 4.98 Å². The first-order valence-corrected chi connectivity index (χ1v) is 4.87. The minimum atomic E-state index is -0.948. The highest BCUT2D eigenvalue weighted by atomic mass is 35.5. The number of rotatable bonds is 2. The lowest BCUT2D eigenvalue weighted by Gasteiger charge is -1.93. The molecular formula is C9H6Cl2N2O2. The molecule has 1 heterocycles. The average Bonchev–Trinajstić information content (AvgIpc) is 2.45. The molecule has 0 spiro atoms. The summed E-state index contributed by atoms with van der Waals surface area (Å²) in [7, 11) is 0. The Kier molecular flexibility index (Phi) is 2.54. The Morgan fingerprint density at radius 2 is 2.20 bits per heavy atom. The Hall–Kier alpha value is -1.26. The minimum absolute atomic E-state index is 0.164. The van der Waals surface area contributed by atoms with Gasteiger partial charge in [0.05, 0.1) is 16.1 Å². The van der Waals surface area contributed by atoms with Gasteiger partial charge >= 0.3 is 5.97 Å². The lowest BCUT2D eigenvalue weighted by atomic mass is 10.3. The van der Waals surface area contributed by atoms with Crippen molar-refractivity contribution in [2.24, 2.45) is 0 Å². The number of aliphatic carboxylic acids is 1. The van der Waals surface area contributed by atoms with Crippen molar-refractivity contribution >= 4 is 40.2 Å². The molecule has 6 heteroatoms. The predicted molar refractivity (Wildman–Crippen MR) is 57.5 cm³/mol. The number of aromatic nitrogens is 2. The van der Waals surface area contributed by atoms with Crippen LogP contribution in [0, 0.1) is 0 Å². The third kappa shape index (κ3) is 2.06. The standard InChI is InChI=1S/C9H6Cl2N2O2/c10-4-1-5(11)9-6(2-4)12-7(13-9)3-8(14)15/h1-2H,3H2,(H,12,13)(H,14,15). The molecule has 0 saturated carbocycles. The van der Waals surface area contributed by atoms with Gasteiger partial charge in [0, 0.05) is 5.02 Å². The molecule has 2 aromatic rings. The van der Waals surface area contributed by atoms with Gasteiger partial charge in [-0.05, 0) is 12.1 Å². The predicted octanol–water partition coefficient (Wildman–Crippen LogP) is 2.50. The molecule has 0 fully saturated rings. The number of hydrogen-bond acceptors (Lipinski definition) is 2. The molecule has 0 bridgehead atoms. The van der Waals surface area contributed by atoms with E-state index >= 15 is 0 Å². The summed E-state index contributed by atoms with van der Waals surface area (Å²) in [4.78, 5) is 17.4. The summed E-state index contributed by atoms with van der Waals surface area (Å²) >= 11 is 11.7. The summed E-state index contributed by atoms with van der Waals surface area (Å²) in [6.45, 7) is 0. The van der Waals surface area contributed by atoms with Gasteiger partial charge in [-0.1, -0.05) is 23.2 Å². The maximum absolute atomic E-state index is 10.5. The Labute approximate surface area is 94.8 Å². The van der Waals surface area contributed by atoms with Crippen LogP contribution in [-0.4, -0.2) is 21.0 Å². The third-order valence-corrected chi connectivity index (χ3v) is 2.39. The lowest BCUT2D eigenvalue weighted by Crippen LogP contribution is -2.01. The highest BCUT2D eigenvalue weighted by Gasteiger charge is 2.09. The largest absolute Gasteiger partial charge is 0.481 e. The molecule has 0 aliphatic rings. The van der Waals surface area contributed by atoms with Crippen LogP contribution in [0.3, 0.4) is 0 Å². The molecule has 15 heavy (non-hydrogen) atoms. The van der Waals surface area contributed by atoms with E-state index in [9.17, 15) is 4.79 Å². The van der Waals surface area contributed by atoms with Crippen LogP contribution in [0.1, 0.15) is 5.82 Å². The molecule has 0 amide bonds. The molecular weight excluding hydrogens is 239 g/mol. The average molecular weight is 245 g/mol. The van der Waals surface area contributed by atoms with Gasteiger partial charge < -0.3 is 10.1 Å². The van der Waals surface area contributed by atoms with E-state index in [1.807, 2.05) is 0 Å². The Bertz CT molecular complexity index is 536. The Balaban J connectivity index is 2.55. The molecule has 1 aromatic heterocycles. The monoisotopic (exact) mass is 244 g/mol. The first kappa shape index (κ1) is 10.3. The number of nitrogens with zero attached hydrogens (tertiary/aromatic N) is 1. The van der Waals surface area contributed by atoms with Crippen molar-refractivity contribution in [3.05, 3.63) is 28.0 Å². The van der Waals surface area contributed by atoms with Crippen molar-refractivity contribution in [3.63, 3.8) is 0 Å². The molecule has 4 nitrogen and oxygen atoms in total. The first-order chi connectivity index (χ1) is 7.06. The van der Waals surface area contributed by atoms with Gasteiger partial charge in [-0.15, -0.1) is 0 Å². The zero-order valence-electron chi connectivity index (χ0n) is 7.42. The summed E-state index contributed by atoms with van der Waals surface area (Å²) in [6, 6.07) is 3.21. The number of benzene rings is 1. The van der Waals surface area contributed by atoms with E-state index in [2.05, 4.69) is 9.97 Å². The van der Waals surface area contributed by atoms with E-state index in [1.54, 1.807) is 12.1 Å². The fraction of sp³-hybridized carbons (Fsp3) is 0.111. The fourth-order valence-electron chi connectivity index (χ4n) is 1.32. The van der Waals surface area contributed by atoms with Crippen molar-refractivity contribution in [2.75, 3.05) is 0 Å². The number of carboxylic acid groups (broad SMARTS) is 1. The molecule has 78 valence electrons. The van der Waals surface area contributed by atoms with Crippen molar-refractivity contribution in [3.8, 4) is 0 Å². The molecule has 0 atom stereocenters. The SMILES string of the molecule is O=C(O)Cc1nc2cc(Cl)cc(Cl)c2[nH]1. The van der Waals surface area contributed by atoms with Gasteiger partial charge in [-0.3, -0.25) is 4.79 Å². The van der Waals surface area contributed by atoms with Gasteiger partial charge in [0.1, 0.15) is 12.2 Å². The quantitative estimate of drug-likeness (QED) is 0.854. The second kappa shape index (κ2) is 3.72. The number of H-pyrrole nitrogens is 1. The number of imidazole rings is 1.